The molecular weight excluding hydrogens is 420 g/mol. The first-order chi connectivity index (χ1) is 15.7. The minimum absolute atomic E-state index is 0.0359. The fourth-order valence-corrected chi connectivity index (χ4v) is 4.77. The molecule has 1 aliphatic rings. The third-order valence-corrected chi connectivity index (χ3v) is 6.52. The Bertz CT molecular complexity index is 1030. The van der Waals surface area contributed by atoms with Crippen LogP contribution >= 0.6 is 11.8 Å². The molecule has 1 heterocycles. The van der Waals surface area contributed by atoms with Crippen molar-refractivity contribution in [1.82, 2.24) is 10.2 Å². The average Bonchev–Trinajstić information content (AvgIpc) is 3.20. The van der Waals surface area contributed by atoms with Gasteiger partial charge < -0.3 is 15.0 Å². The van der Waals surface area contributed by atoms with Crippen LogP contribution in [0.1, 0.15) is 32.4 Å². The van der Waals surface area contributed by atoms with Gasteiger partial charge in [0.05, 0.1) is 19.0 Å². The normalized spacial score (nSPS) is 15.7. The highest BCUT2D eigenvalue weighted by Gasteiger charge is 2.32. The lowest BCUT2D eigenvalue weighted by atomic mass is 10.1. The van der Waals surface area contributed by atoms with Gasteiger partial charge in [-0.1, -0.05) is 72.8 Å². The minimum atomic E-state index is -0.129. The van der Waals surface area contributed by atoms with E-state index in [1.54, 1.807) is 11.8 Å². The number of ether oxygens (including phenoxy) is 1. The summed E-state index contributed by atoms with van der Waals surface area (Å²) in [6.07, 6.45) is 0. The molecule has 0 aliphatic carbocycles. The van der Waals surface area contributed by atoms with Gasteiger partial charge in [-0.15, -0.1) is 11.8 Å². The van der Waals surface area contributed by atoms with Crippen LogP contribution in [0.3, 0.4) is 0 Å². The Labute approximate surface area is 192 Å². The summed E-state index contributed by atoms with van der Waals surface area (Å²) in [6.45, 7) is 2.02. The van der Waals surface area contributed by atoms with Crippen molar-refractivity contribution >= 4 is 23.6 Å². The molecular formula is C26H26N2O3S. The van der Waals surface area contributed by atoms with E-state index in [9.17, 15) is 9.59 Å². The maximum Gasteiger partial charge on any atom is 0.251 e. The van der Waals surface area contributed by atoms with Crippen LogP contribution in [0, 0.1) is 0 Å². The minimum Gasteiger partial charge on any atom is -0.375 e. The number of thioether (sulfide) groups is 1. The van der Waals surface area contributed by atoms with Gasteiger partial charge in [0.15, 0.2) is 0 Å². The predicted molar refractivity (Wildman–Crippen MR) is 127 cm³/mol. The van der Waals surface area contributed by atoms with Gasteiger partial charge in [-0.25, -0.2) is 0 Å². The number of amides is 2. The van der Waals surface area contributed by atoms with E-state index >= 15 is 0 Å². The second kappa shape index (κ2) is 11.0. The van der Waals surface area contributed by atoms with Crippen LogP contribution in [-0.4, -0.2) is 35.6 Å². The topological polar surface area (TPSA) is 58.6 Å². The fraction of sp³-hybridized carbons (Fsp3) is 0.231. The SMILES string of the molecule is O=C(NCCOCc1ccccc1)c1ccc(C2SCC(=O)N2Cc2ccccc2)cc1. The number of nitrogens with zero attached hydrogens (tertiary/aromatic N) is 1. The molecule has 1 aliphatic heterocycles. The molecule has 4 rings (SSSR count). The lowest BCUT2D eigenvalue weighted by Gasteiger charge is -2.24. The lowest BCUT2D eigenvalue weighted by Crippen LogP contribution is -2.28. The maximum atomic E-state index is 12.4. The van der Waals surface area contributed by atoms with Crippen molar-refractivity contribution in [2.45, 2.75) is 18.5 Å². The second-order valence-electron chi connectivity index (χ2n) is 7.59. The number of rotatable bonds is 9. The number of hydrogen-bond donors (Lipinski definition) is 1. The Morgan fingerprint density at radius 1 is 0.938 bits per heavy atom. The maximum absolute atomic E-state index is 12.4. The number of carbonyl (C=O) groups excluding carboxylic acids is 2. The van der Waals surface area contributed by atoms with Gasteiger partial charge in [-0.2, -0.15) is 0 Å². The van der Waals surface area contributed by atoms with Crippen molar-refractivity contribution < 1.29 is 14.3 Å². The van der Waals surface area contributed by atoms with Crippen LogP contribution in [0.5, 0.6) is 0 Å². The summed E-state index contributed by atoms with van der Waals surface area (Å²) in [7, 11) is 0. The van der Waals surface area contributed by atoms with Crippen LogP contribution in [-0.2, 0) is 22.7 Å². The summed E-state index contributed by atoms with van der Waals surface area (Å²) in [5, 5.41) is 2.85. The molecule has 5 nitrogen and oxygen atoms in total. The van der Waals surface area contributed by atoms with Gasteiger partial charge >= 0.3 is 0 Å². The molecule has 0 spiro atoms. The average molecular weight is 447 g/mol. The summed E-state index contributed by atoms with van der Waals surface area (Å²) < 4.78 is 5.61. The van der Waals surface area contributed by atoms with E-state index < -0.39 is 0 Å². The van der Waals surface area contributed by atoms with Gasteiger partial charge in [-0.3, -0.25) is 9.59 Å². The van der Waals surface area contributed by atoms with Crippen molar-refractivity contribution in [3.05, 3.63) is 107 Å². The van der Waals surface area contributed by atoms with E-state index in [0.29, 0.717) is 37.6 Å². The number of benzene rings is 3. The third kappa shape index (κ3) is 5.78. The van der Waals surface area contributed by atoms with Crippen molar-refractivity contribution in [1.29, 1.82) is 0 Å². The Morgan fingerprint density at radius 2 is 1.59 bits per heavy atom. The highest BCUT2D eigenvalue weighted by Crippen LogP contribution is 2.39. The second-order valence-corrected chi connectivity index (χ2v) is 8.66. The highest BCUT2D eigenvalue weighted by atomic mass is 32.2. The summed E-state index contributed by atoms with van der Waals surface area (Å²) in [5.74, 6) is 0.486. The number of nitrogens with one attached hydrogen (secondary N) is 1. The quantitative estimate of drug-likeness (QED) is 0.495. The molecule has 1 saturated heterocycles. The summed E-state index contributed by atoms with van der Waals surface area (Å²) >= 11 is 1.62. The van der Waals surface area contributed by atoms with Gasteiger partial charge in [0, 0.05) is 18.7 Å². The molecule has 2 amide bonds. The third-order valence-electron chi connectivity index (χ3n) is 5.27. The van der Waals surface area contributed by atoms with E-state index in [4.69, 9.17) is 4.74 Å². The Hall–Kier alpha value is -3.09. The molecule has 0 saturated carbocycles. The molecule has 1 N–H and O–H groups in total. The molecule has 6 heteroatoms. The van der Waals surface area contributed by atoms with Crippen molar-refractivity contribution in [3.63, 3.8) is 0 Å². The number of hydrogen-bond acceptors (Lipinski definition) is 4. The van der Waals surface area contributed by atoms with Crippen LogP contribution in [0.25, 0.3) is 0 Å². The van der Waals surface area contributed by atoms with Gasteiger partial charge in [0.2, 0.25) is 5.91 Å². The first-order valence-electron chi connectivity index (χ1n) is 10.7. The standard InChI is InChI=1S/C26H26N2O3S/c29-24-19-32-26(28(24)17-20-7-3-1-4-8-20)23-13-11-22(12-14-23)25(30)27-15-16-31-18-21-9-5-2-6-10-21/h1-14,26H,15-19H2,(H,27,30). The molecule has 0 aromatic heterocycles. The zero-order valence-corrected chi connectivity index (χ0v) is 18.6. The summed E-state index contributed by atoms with van der Waals surface area (Å²) in [4.78, 5) is 26.8. The van der Waals surface area contributed by atoms with Crippen LogP contribution in [0.2, 0.25) is 0 Å². The largest absolute Gasteiger partial charge is 0.375 e. The highest BCUT2D eigenvalue weighted by molar-refractivity contribution is 8.00. The van der Waals surface area contributed by atoms with Crippen LogP contribution in [0.4, 0.5) is 0 Å². The van der Waals surface area contributed by atoms with E-state index in [0.717, 1.165) is 16.7 Å². The van der Waals surface area contributed by atoms with Crippen molar-refractivity contribution in [2.75, 3.05) is 18.9 Å². The molecule has 1 unspecified atom stereocenters. The smallest absolute Gasteiger partial charge is 0.251 e. The van der Waals surface area contributed by atoms with E-state index in [-0.39, 0.29) is 17.2 Å². The first-order valence-corrected chi connectivity index (χ1v) is 11.7. The molecule has 0 radical (unpaired) electrons. The summed E-state index contributed by atoms with van der Waals surface area (Å²) in [5.41, 5.74) is 3.85. The molecule has 1 atom stereocenters. The Morgan fingerprint density at radius 3 is 2.28 bits per heavy atom. The number of carbonyl (C=O) groups is 2. The molecule has 0 bridgehead atoms. The van der Waals surface area contributed by atoms with Gasteiger partial charge in [0.25, 0.3) is 5.91 Å². The molecule has 3 aromatic rings. The first kappa shape index (κ1) is 22.1. The Balaban J connectivity index is 1.28. The molecule has 32 heavy (non-hydrogen) atoms. The molecule has 3 aromatic carbocycles. The van der Waals surface area contributed by atoms with Crippen LogP contribution in [0.15, 0.2) is 84.9 Å². The monoisotopic (exact) mass is 446 g/mol. The zero-order chi connectivity index (χ0) is 22.2. The van der Waals surface area contributed by atoms with Crippen molar-refractivity contribution in [3.8, 4) is 0 Å². The van der Waals surface area contributed by atoms with E-state index in [1.807, 2.05) is 89.8 Å². The van der Waals surface area contributed by atoms with Crippen LogP contribution < -0.4 is 5.32 Å². The molecule has 1 fully saturated rings. The summed E-state index contributed by atoms with van der Waals surface area (Å²) in [6, 6.07) is 27.5. The molecule has 164 valence electrons. The van der Waals surface area contributed by atoms with Gasteiger partial charge in [0.1, 0.15) is 5.37 Å². The Kier molecular flexibility index (Phi) is 7.59. The van der Waals surface area contributed by atoms with E-state index in [2.05, 4.69) is 5.32 Å². The predicted octanol–water partition coefficient (Wildman–Crippen LogP) is 4.41. The fourth-order valence-electron chi connectivity index (χ4n) is 3.58. The van der Waals surface area contributed by atoms with Gasteiger partial charge in [-0.05, 0) is 28.8 Å². The van der Waals surface area contributed by atoms with E-state index in [1.165, 1.54) is 0 Å². The zero-order valence-electron chi connectivity index (χ0n) is 17.8. The lowest BCUT2D eigenvalue weighted by molar-refractivity contribution is -0.128. The van der Waals surface area contributed by atoms with Crippen molar-refractivity contribution in [2.24, 2.45) is 0 Å².